The average molecular weight is 182 g/mol. The Kier molecular flexibility index (Phi) is 2.71. The fourth-order valence-corrected chi connectivity index (χ4v) is 2.80. The molecule has 0 spiro atoms. The van der Waals surface area contributed by atoms with Gasteiger partial charge in [-0.15, -0.1) is 0 Å². The number of nitrogens with zero attached hydrogens (tertiary/aromatic N) is 1. The standard InChI is InChI=1S/C9H14N2S/c1-2-4-8(5-3-1)12-9-10-6-7-11-9/h6-8H,1-5H2,(H,10,11). The van der Waals surface area contributed by atoms with E-state index in [1.165, 1.54) is 32.1 Å². The van der Waals surface area contributed by atoms with Crippen LogP contribution >= 0.6 is 11.8 Å². The molecule has 0 atom stereocenters. The maximum absolute atomic E-state index is 4.22. The highest BCUT2D eigenvalue weighted by molar-refractivity contribution is 7.99. The molecule has 0 unspecified atom stereocenters. The maximum Gasteiger partial charge on any atom is 0.165 e. The molecule has 1 aliphatic rings. The van der Waals surface area contributed by atoms with Crippen molar-refractivity contribution < 1.29 is 0 Å². The Balaban J connectivity index is 1.86. The molecule has 0 saturated heterocycles. The molecule has 3 heteroatoms. The molecule has 1 heterocycles. The van der Waals surface area contributed by atoms with Gasteiger partial charge in [0.2, 0.25) is 0 Å². The molecule has 1 N–H and O–H groups in total. The first-order chi connectivity index (χ1) is 5.95. The number of H-pyrrole nitrogens is 1. The molecule has 1 aromatic rings. The number of imidazole rings is 1. The van der Waals surface area contributed by atoms with E-state index in [9.17, 15) is 0 Å². The third-order valence-corrected chi connectivity index (χ3v) is 3.55. The van der Waals surface area contributed by atoms with Crippen LogP contribution in [0.1, 0.15) is 32.1 Å². The van der Waals surface area contributed by atoms with E-state index in [4.69, 9.17) is 0 Å². The van der Waals surface area contributed by atoms with E-state index < -0.39 is 0 Å². The third kappa shape index (κ3) is 2.03. The summed E-state index contributed by atoms with van der Waals surface area (Å²) in [4.78, 5) is 7.35. The first-order valence-electron chi connectivity index (χ1n) is 4.61. The summed E-state index contributed by atoms with van der Waals surface area (Å²) in [5, 5.41) is 1.90. The minimum absolute atomic E-state index is 0.810. The number of hydrogen-bond acceptors (Lipinski definition) is 2. The Hall–Kier alpha value is -0.440. The van der Waals surface area contributed by atoms with Gasteiger partial charge in [0.25, 0.3) is 0 Å². The van der Waals surface area contributed by atoms with Gasteiger partial charge < -0.3 is 4.98 Å². The van der Waals surface area contributed by atoms with E-state index >= 15 is 0 Å². The number of aromatic nitrogens is 2. The summed E-state index contributed by atoms with van der Waals surface area (Å²) in [5.74, 6) is 0. The molecule has 12 heavy (non-hydrogen) atoms. The van der Waals surface area contributed by atoms with Crippen LogP contribution < -0.4 is 0 Å². The van der Waals surface area contributed by atoms with Crippen LogP contribution in [0, 0.1) is 0 Å². The van der Waals surface area contributed by atoms with Gasteiger partial charge in [-0.05, 0) is 12.8 Å². The maximum atomic E-state index is 4.22. The van der Waals surface area contributed by atoms with Crippen LogP contribution in [0.15, 0.2) is 17.6 Å². The normalized spacial score (nSPS) is 19.7. The lowest BCUT2D eigenvalue weighted by Gasteiger charge is -2.19. The Morgan fingerprint density at radius 1 is 1.33 bits per heavy atom. The topological polar surface area (TPSA) is 28.7 Å². The smallest absolute Gasteiger partial charge is 0.165 e. The van der Waals surface area contributed by atoms with E-state index in [0.29, 0.717) is 0 Å². The van der Waals surface area contributed by atoms with Crippen LogP contribution in [-0.2, 0) is 0 Å². The minimum Gasteiger partial charge on any atom is -0.340 e. The molecule has 66 valence electrons. The van der Waals surface area contributed by atoms with Crippen LogP contribution in [0.25, 0.3) is 0 Å². The molecular weight excluding hydrogens is 168 g/mol. The number of rotatable bonds is 2. The van der Waals surface area contributed by atoms with Crippen LogP contribution in [-0.4, -0.2) is 15.2 Å². The van der Waals surface area contributed by atoms with Crippen molar-refractivity contribution in [2.45, 2.75) is 42.5 Å². The predicted octanol–water partition coefficient (Wildman–Crippen LogP) is 2.83. The van der Waals surface area contributed by atoms with Gasteiger partial charge in [0.1, 0.15) is 0 Å². The lowest BCUT2D eigenvalue weighted by Crippen LogP contribution is -2.07. The van der Waals surface area contributed by atoms with Crippen molar-refractivity contribution in [2.24, 2.45) is 0 Å². The number of thioether (sulfide) groups is 1. The molecule has 0 bridgehead atoms. The second kappa shape index (κ2) is 3.99. The van der Waals surface area contributed by atoms with Crippen LogP contribution in [0.4, 0.5) is 0 Å². The van der Waals surface area contributed by atoms with E-state index in [-0.39, 0.29) is 0 Å². The highest BCUT2D eigenvalue weighted by Gasteiger charge is 2.15. The summed E-state index contributed by atoms with van der Waals surface area (Å²) < 4.78 is 0. The molecule has 1 saturated carbocycles. The van der Waals surface area contributed by atoms with Gasteiger partial charge in [0, 0.05) is 17.6 Å². The summed E-state index contributed by atoms with van der Waals surface area (Å²) in [6.45, 7) is 0. The molecule has 2 nitrogen and oxygen atoms in total. The van der Waals surface area contributed by atoms with Gasteiger partial charge in [-0.1, -0.05) is 31.0 Å². The van der Waals surface area contributed by atoms with Gasteiger partial charge in [-0.2, -0.15) is 0 Å². The van der Waals surface area contributed by atoms with Crippen molar-refractivity contribution in [2.75, 3.05) is 0 Å². The average Bonchev–Trinajstić information content (AvgIpc) is 2.59. The zero-order chi connectivity index (χ0) is 8.23. The first kappa shape index (κ1) is 8.17. The molecule has 1 aliphatic carbocycles. The monoisotopic (exact) mass is 182 g/mol. The summed E-state index contributed by atoms with van der Waals surface area (Å²) in [5.41, 5.74) is 0. The SMILES string of the molecule is c1c[nH]c(SC2CCCCC2)n1. The van der Waals surface area contributed by atoms with Crippen molar-refractivity contribution in [3.05, 3.63) is 12.4 Å². The number of nitrogens with one attached hydrogen (secondary N) is 1. The van der Waals surface area contributed by atoms with Gasteiger partial charge in [0.15, 0.2) is 5.16 Å². The van der Waals surface area contributed by atoms with Gasteiger partial charge in [-0.25, -0.2) is 4.98 Å². The Morgan fingerprint density at radius 3 is 2.83 bits per heavy atom. The predicted molar refractivity (Wildman–Crippen MR) is 51.3 cm³/mol. The first-order valence-corrected chi connectivity index (χ1v) is 5.49. The zero-order valence-electron chi connectivity index (χ0n) is 7.12. The summed E-state index contributed by atoms with van der Waals surface area (Å²) in [6, 6.07) is 0. The summed E-state index contributed by atoms with van der Waals surface area (Å²) in [6.07, 6.45) is 10.7. The lowest BCUT2D eigenvalue weighted by atomic mass is 10.0. The third-order valence-electron chi connectivity index (χ3n) is 2.30. The highest BCUT2D eigenvalue weighted by atomic mass is 32.2. The zero-order valence-corrected chi connectivity index (χ0v) is 7.94. The van der Waals surface area contributed by atoms with Gasteiger partial charge in [0.05, 0.1) is 0 Å². The largest absolute Gasteiger partial charge is 0.340 e. The molecule has 1 fully saturated rings. The molecule has 0 aliphatic heterocycles. The molecule has 0 amide bonds. The van der Waals surface area contributed by atoms with E-state index in [0.717, 1.165) is 10.4 Å². The Labute approximate surface area is 77.2 Å². The fourth-order valence-electron chi connectivity index (χ4n) is 1.66. The summed E-state index contributed by atoms with van der Waals surface area (Å²) >= 11 is 1.90. The lowest BCUT2D eigenvalue weighted by molar-refractivity contribution is 0.515. The van der Waals surface area contributed by atoms with Gasteiger partial charge >= 0.3 is 0 Å². The van der Waals surface area contributed by atoms with Gasteiger partial charge in [-0.3, -0.25) is 0 Å². The van der Waals surface area contributed by atoms with Crippen molar-refractivity contribution in [1.82, 2.24) is 9.97 Å². The molecule has 0 radical (unpaired) electrons. The van der Waals surface area contributed by atoms with Crippen molar-refractivity contribution in [3.8, 4) is 0 Å². The second-order valence-corrected chi connectivity index (χ2v) is 4.56. The van der Waals surface area contributed by atoms with Crippen molar-refractivity contribution in [3.63, 3.8) is 0 Å². The molecule has 0 aromatic carbocycles. The van der Waals surface area contributed by atoms with Crippen LogP contribution in [0.3, 0.4) is 0 Å². The van der Waals surface area contributed by atoms with Crippen molar-refractivity contribution in [1.29, 1.82) is 0 Å². The van der Waals surface area contributed by atoms with E-state index in [1.54, 1.807) is 0 Å². The van der Waals surface area contributed by atoms with E-state index in [2.05, 4.69) is 9.97 Å². The summed E-state index contributed by atoms with van der Waals surface area (Å²) in [7, 11) is 0. The van der Waals surface area contributed by atoms with E-state index in [1.807, 2.05) is 24.2 Å². The van der Waals surface area contributed by atoms with Crippen LogP contribution in [0.2, 0.25) is 0 Å². The Bertz CT molecular complexity index is 214. The Morgan fingerprint density at radius 2 is 2.17 bits per heavy atom. The quantitative estimate of drug-likeness (QED) is 0.762. The molecular formula is C9H14N2S. The fraction of sp³-hybridized carbons (Fsp3) is 0.667. The van der Waals surface area contributed by atoms with Crippen molar-refractivity contribution >= 4 is 11.8 Å². The van der Waals surface area contributed by atoms with Crippen LogP contribution in [0.5, 0.6) is 0 Å². The highest BCUT2D eigenvalue weighted by Crippen LogP contribution is 2.31. The molecule has 2 rings (SSSR count). The number of aromatic amines is 1. The number of hydrogen-bond donors (Lipinski definition) is 1. The second-order valence-electron chi connectivity index (χ2n) is 3.27. The molecule has 1 aromatic heterocycles. The minimum atomic E-state index is 0.810.